The highest BCUT2D eigenvalue weighted by molar-refractivity contribution is 7.91. The van der Waals surface area contributed by atoms with E-state index in [1.807, 2.05) is 0 Å². The second-order valence-corrected chi connectivity index (χ2v) is 8.77. The molecule has 0 bridgehead atoms. The van der Waals surface area contributed by atoms with Gasteiger partial charge >= 0.3 is 6.18 Å². The van der Waals surface area contributed by atoms with Gasteiger partial charge in [0.15, 0.2) is 9.84 Å². The van der Waals surface area contributed by atoms with Crippen molar-refractivity contribution < 1.29 is 31.5 Å². The fourth-order valence-corrected chi connectivity index (χ4v) is 3.98. The van der Waals surface area contributed by atoms with E-state index >= 15 is 0 Å². The number of amides is 1. The van der Waals surface area contributed by atoms with Crippen LogP contribution < -0.4 is 11.1 Å². The minimum absolute atomic E-state index is 0.0377. The molecule has 0 unspecified atom stereocenters. The van der Waals surface area contributed by atoms with E-state index in [2.05, 4.69) is 5.32 Å². The molecule has 6 nitrogen and oxygen atoms in total. The van der Waals surface area contributed by atoms with E-state index in [0.717, 1.165) is 6.07 Å². The second-order valence-electron chi connectivity index (χ2n) is 6.09. The normalized spacial score (nSPS) is 12.1. The molecule has 0 aliphatic carbocycles. The largest absolute Gasteiger partial charge is 0.416 e. The average molecular weight is 451 g/mol. The Morgan fingerprint density at radius 1 is 1.21 bits per heavy atom. The van der Waals surface area contributed by atoms with E-state index in [9.17, 15) is 26.4 Å². The summed E-state index contributed by atoms with van der Waals surface area (Å²) < 4.78 is 63.9. The first-order chi connectivity index (χ1) is 13.4. The predicted molar refractivity (Wildman–Crippen MR) is 102 cm³/mol. The number of halogens is 4. The molecule has 0 aliphatic rings. The Morgan fingerprint density at radius 3 is 2.41 bits per heavy atom. The van der Waals surface area contributed by atoms with Gasteiger partial charge in [0.05, 0.1) is 28.4 Å². The van der Waals surface area contributed by atoms with E-state index in [1.165, 1.54) is 25.1 Å². The van der Waals surface area contributed by atoms with Crippen LogP contribution in [0.1, 0.15) is 34.0 Å². The number of hydrogen-bond acceptors (Lipinski definition) is 5. The number of sulfone groups is 1. The molecule has 0 radical (unpaired) electrons. The highest BCUT2D eigenvalue weighted by atomic mass is 35.5. The monoisotopic (exact) mass is 450 g/mol. The molecule has 0 aliphatic heterocycles. The number of nitrogens with one attached hydrogen (secondary N) is 1. The van der Waals surface area contributed by atoms with Crippen molar-refractivity contribution in [3.8, 4) is 0 Å². The van der Waals surface area contributed by atoms with Gasteiger partial charge in [-0.3, -0.25) is 4.79 Å². The van der Waals surface area contributed by atoms with Crippen LogP contribution in [0, 0.1) is 0 Å². The number of alkyl halides is 3. The number of benzene rings is 2. The molecular formula is C18H18ClF3N2O4S. The van der Waals surface area contributed by atoms with Crippen molar-refractivity contribution in [3.63, 3.8) is 0 Å². The summed E-state index contributed by atoms with van der Waals surface area (Å²) in [7, 11) is -3.61. The molecule has 158 valence electrons. The maximum absolute atomic E-state index is 13.2. The number of rotatable bonds is 6. The highest BCUT2D eigenvalue weighted by Crippen LogP contribution is 2.34. The molecule has 2 rings (SSSR count). The summed E-state index contributed by atoms with van der Waals surface area (Å²) in [5.74, 6) is -1.11. The Balaban J connectivity index is 2.37. The van der Waals surface area contributed by atoms with Crippen molar-refractivity contribution in [2.45, 2.75) is 31.1 Å². The zero-order valence-corrected chi connectivity index (χ0v) is 16.7. The molecule has 0 heterocycles. The SMILES string of the molecule is CCS(=O)(=O)c1ccc(Cl)cc1CNC(=O)c1cc(C(F)(F)F)c(CO)cc1N. The number of carbonyl (C=O) groups is 1. The molecular weight excluding hydrogens is 433 g/mol. The van der Waals surface area contributed by atoms with Crippen LogP contribution in [-0.2, 0) is 29.2 Å². The van der Waals surface area contributed by atoms with Crippen LogP contribution in [0.15, 0.2) is 35.2 Å². The summed E-state index contributed by atoms with van der Waals surface area (Å²) in [6.45, 7) is 0.257. The first kappa shape index (κ1) is 23.0. The summed E-state index contributed by atoms with van der Waals surface area (Å²) in [4.78, 5) is 12.4. The third-order valence-electron chi connectivity index (χ3n) is 4.17. The van der Waals surface area contributed by atoms with Gasteiger partial charge in [-0.15, -0.1) is 0 Å². The lowest BCUT2D eigenvalue weighted by atomic mass is 10.0. The van der Waals surface area contributed by atoms with Gasteiger partial charge in [-0.2, -0.15) is 13.2 Å². The van der Waals surface area contributed by atoms with Gasteiger partial charge in [-0.05, 0) is 41.5 Å². The molecule has 0 saturated carbocycles. The third-order valence-corrected chi connectivity index (χ3v) is 6.24. The Labute approximate surface area is 170 Å². The number of nitrogen functional groups attached to an aromatic ring is 1. The van der Waals surface area contributed by atoms with Crippen LogP contribution in [0.2, 0.25) is 5.02 Å². The summed E-state index contributed by atoms with van der Waals surface area (Å²) in [6.07, 6.45) is -4.80. The zero-order valence-electron chi connectivity index (χ0n) is 15.2. The van der Waals surface area contributed by atoms with Crippen LogP contribution in [0.5, 0.6) is 0 Å². The predicted octanol–water partition coefficient (Wildman–Crippen LogP) is 3.16. The lowest BCUT2D eigenvalue weighted by Crippen LogP contribution is -2.26. The average Bonchev–Trinajstić information content (AvgIpc) is 2.64. The van der Waals surface area contributed by atoms with Crippen molar-refractivity contribution in [1.82, 2.24) is 5.32 Å². The minimum Gasteiger partial charge on any atom is -0.398 e. The Hall–Kier alpha value is -2.30. The summed E-state index contributed by atoms with van der Waals surface area (Å²) >= 11 is 5.90. The van der Waals surface area contributed by atoms with E-state index in [0.29, 0.717) is 6.07 Å². The van der Waals surface area contributed by atoms with E-state index in [1.54, 1.807) is 0 Å². The molecule has 0 aromatic heterocycles. The van der Waals surface area contributed by atoms with E-state index < -0.39 is 45.2 Å². The standard InChI is InChI=1S/C18H18ClF3N2O4S/c1-2-29(27,28)16-4-3-12(19)5-10(16)8-24-17(26)13-7-14(18(20,21)22)11(9-25)6-15(13)23/h3-7,25H,2,8-9,23H2,1H3,(H,24,26). The fraction of sp³-hybridized carbons (Fsp3) is 0.278. The number of aliphatic hydroxyl groups excluding tert-OH is 1. The van der Waals surface area contributed by atoms with Crippen LogP contribution >= 0.6 is 11.6 Å². The Bertz CT molecular complexity index is 1040. The minimum atomic E-state index is -4.80. The van der Waals surface area contributed by atoms with Crippen molar-refractivity contribution >= 4 is 33.0 Å². The molecule has 29 heavy (non-hydrogen) atoms. The second kappa shape index (κ2) is 8.60. The van der Waals surface area contributed by atoms with Gasteiger partial charge in [-0.1, -0.05) is 18.5 Å². The number of hydrogen-bond donors (Lipinski definition) is 3. The van der Waals surface area contributed by atoms with Crippen LogP contribution in [-0.4, -0.2) is 25.2 Å². The van der Waals surface area contributed by atoms with Gasteiger partial charge < -0.3 is 16.2 Å². The van der Waals surface area contributed by atoms with Crippen LogP contribution in [0.3, 0.4) is 0 Å². The van der Waals surface area contributed by atoms with E-state index in [4.69, 9.17) is 22.4 Å². The zero-order chi connectivity index (χ0) is 22.0. The molecule has 2 aromatic rings. The molecule has 4 N–H and O–H groups in total. The van der Waals surface area contributed by atoms with Gasteiger partial charge in [0.1, 0.15) is 0 Å². The lowest BCUT2D eigenvalue weighted by molar-refractivity contribution is -0.138. The Kier molecular flexibility index (Phi) is 6.82. The molecule has 2 aromatic carbocycles. The molecule has 1 amide bonds. The summed E-state index contributed by atoms with van der Waals surface area (Å²) in [5.41, 5.74) is 3.51. The summed E-state index contributed by atoms with van der Waals surface area (Å²) in [6, 6.07) is 5.47. The van der Waals surface area contributed by atoms with Gasteiger partial charge in [-0.25, -0.2) is 8.42 Å². The van der Waals surface area contributed by atoms with Gasteiger partial charge in [0, 0.05) is 17.3 Å². The Morgan fingerprint density at radius 2 is 1.86 bits per heavy atom. The lowest BCUT2D eigenvalue weighted by Gasteiger charge is -2.16. The molecule has 0 atom stereocenters. The maximum atomic E-state index is 13.2. The highest BCUT2D eigenvalue weighted by Gasteiger charge is 2.34. The van der Waals surface area contributed by atoms with Crippen molar-refractivity contribution in [3.05, 3.63) is 57.6 Å². The smallest absolute Gasteiger partial charge is 0.398 e. The van der Waals surface area contributed by atoms with Gasteiger partial charge in [0.2, 0.25) is 0 Å². The first-order valence-electron chi connectivity index (χ1n) is 8.30. The van der Waals surface area contributed by atoms with Crippen molar-refractivity contribution in [2.24, 2.45) is 0 Å². The first-order valence-corrected chi connectivity index (χ1v) is 10.3. The molecule has 0 spiro atoms. The topological polar surface area (TPSA) is 109 Å². The van der Waals surface area contributed by atoms with Crippen molar-refractivity contribution in [2.75, 3.05) is 11.5 Å². The quantitative estimate of drug-likeness (QED) is 0.586. The van der Waals surface area contributed by atoms with E-state index in [-0.39, 0.29) is 33.5 Å². The molecule has 0 saturated heterocycles. The van der Waals surface area contributed by atoms with Crippen LogP contribution in [0.25, 0.3) is 0 Å². The number of carbonyl (C=O) groups excluding carboxylic acids is 1. The van der Waals surface area contributed by atoms with Crippen LogP contribution in [0.4, 0.5) is 18.9 Å². The third kappa shape index (κ3) is 5.20. The number of anilines is 1. The summed E-state index contributed by atoms with van der Waals surface area (Å²) in [5, 5.41) is 11.7. The molecule has 0 fully saturated rings. The number of aliphatic hydroxyl groups is 1. The van der Waals surface area contributed by atoms with Gasteiger partial charge in [0.25, 0.3) is 5.91 Å². The fourth-order valence-electron chi connectivity index (χ4n) is 2.67. The number of nitrogens with two attached hydrogens (primary N) is 1. The maximum Gasteiger partial charge on any atom is 0.416 e. The van der Waals surface area contributed by atoms with Crippen molar-refractivity contribution in [1.29, 1.82) is 0 Å². The molecule has 11 heteroatoms.